The van der Waals surface area contributed by atoms with Crippen molar-refractivity contribution in [3.8, 4) is 0 Å². The van der Waals surface area contributed by atoms with E-state index in [1.54, 1.807) is 0 Å². The van der Waals surface area contributed by atoms with Crippen LogP contribution < -0.4 is 10.8 Å². The second-order valence-corrected chi connectivity index (χ2v) is 3.37. The molecule has 0 radical (unpaired) electrons. The van der Waals surface area contributed by atoms with Crippen molar-refractivity contribution in [3.63, 3.8) is 0 Å². The molecule has 0 spiro atoms. The lowest BCUT2D eigenvalue weighted by Gasteiger charge is -2.19. The molecular formula is C9H10BF3NO2-. The molecule has 0 saturated heterocycles. The van der Waals surface area contributed by atoms with E-state index in [2.05, 4.69) is 5.32 Å². The Morgan fingerprint density at radius 3 is 2.31 bits per heavy atom. The van der Waals surface area contributed by atoms with Gasteiger partial charge in [0.05, 0.1) is 5.56 Å². The molecule has 7 heteroatoms. The molecule has 0 fully saturated rings. The van der Waals surface area contributed by atoms with Crippen LogP contribution in [0.3, 0.4) is 0 Å². The fourth-order valence-corrected chi connectivity index (χ4v) is 1.41. The summed E-state index contributed by atoms with van der Waals surface area (Å²) in [6.07, 6.45) is 0. The van der Waals surface area contributed by atoms with E-state index in [9.17, 15) is 17.7 Å². The number of aromatic carboxylic acids is 1. The molecule has 16 heavy (non-hydrogen) atoms. The fraction of sp³-hybridized carbons (Fsp3) is 0.222. The SMILES string of the molecule is CNc1cc([B-](F)(F)F)cc(C(=O)O)c1C. The average Bonchev–Trinajstić information content (AvgIpc) is 2.15. The van der Waals surface area contributed by atoms with Crippen LogP contribution in [0.5, 0.6) is 0 Å². The van der Waals surface area contributed by atoms with Crippen molar-refractivity contribution in [3.05, 3.63) is 23.3 Å². The van der Waals surface area contributed by atoms with Gasteiger partial charge in [0, 0.05) is 12.7 Å². The Kier molecular flexibility index (Phi) is 3.16. The summed E-state index contributed by atoms with van der Waals surface area (Å²) in [5, 5.41) is 11.3. The Morgan fingerprint density at radius 1 is 1.38 bits per heavy atom. The predicted octanol–water partition coefficient (Wildman–Crippen LogP) is 1.79. The van der Waals surface area contributed by atoms with Crippen LogP contribution in [0, 0.1) is 6.92 Å². The summed E-state index contributed by atoms with van der Waals surface area (Å²) in [5.41, 5.74) is -0.777. The maximum atomic E-state index is 12.5. The van der Waals surface area contributed by atoms with Gasteiger partial charge in [-0.2, -0.15) is 0 Å². The highest BCUT2D eigenvalue weighted by molar-refractivity contribution is 6.73. The summed E-state index contributed by atoms with van der Waals surface area (Å²) < 4.78 is 37.6. The topological polar surface area (TPSA) is 49.3 Å². The van der Waals surface area contributed by atoms with E-state index in [1.165, 1.54) is 14.0 Å². The van der Waals surface area contributed by atoms with E-state index >= 15 is 0 Å². The van der Waals surface area contributed by atoms with Gasteiger partial charge in [-0.15, -0.1) is 5.46 Å². The standard InChI is InChI=1S/C9H10BF3NO2/c1-5-7(9(15)16)3-6(10(11,12)13)4-8(5)14-2/h3-4,14H,1-2H3,(H,15,16)/q-1. The molecule has 0 aliphatic heterocycles. The summed E-state index contributed by atoms with van der Waals surface area (Å²) in [4.78, 5) is 10.8. The molecule has 2 N–H and O–H groups in total. The monoisotopic (exact) mass is 232 g/mol. The smallest absolute Gasteiger partial charge is 0.478 e. The summed E-state index contributed by atoms with van der Waals surface area (Å²) >= 11 is 0. The number of halogens is 3. The van der Waals surface area contributed by atoms with Gasteiger partial charge in [-0.05, 0) is 12.5 Å². The van der Waals surface area contributed by atoms with E-state index in [-0.39, 0.29) is 11.3 Å². The molecule has 0 unspecified atom stereocenters. The molecule has 0 atom stereocenters. The number of carbonyl (C=O) groups is 1. The molecule has 1 aromatic carbocycles. The van der Waals surface area contributed by atoms with Crippen LogP contribution in [0.2, 0.25) is 0 Å². The number of anilines is 1. The largest absolute Gasteiger partial charge is 0.509 e. The first-order valence-electron chi connectivity index (χ1n) is 4.53. The number of rotatable bonds is 3. The lowest BCUT2D eigenvalue weighted by molar-refractivity contribution is 0.0696. The summed E-state index contributed by atoms with van der Waals surface area (Å²) in [5.74, 6) is -1.36. The van der Waals surface area contributed by atoms with Gasteiger partial charge in [0.1, 0.15) is 0 Å². The van der Waals surface area contributed by atoms with Gasteiger partial charge in [0.15, 0.2) is 0 Å². The maximum absolute atomic E-state index is 12.5. The first-order valence-corrected chi connectivity index (χ1v) is 4.53. The molecule has 0 aromatic heterocycles. The van der Waals surface area contributed by atoms with Crippen molar-refractivity contribution >= 4 is 24.1 Å². The Labute approximate surface area is 90.3 Å². The second kappa shape index (κ2) is 4.07. The van der Waals surface area contributed by atoms with Crippen molar-refractivity contribution in [2.75, 3.05) is 12.4 Å². The zero-order valence-electron chi connectivity index (χ0n) is 8.72. The number of hydrogen-bond acceptors (Lipinski definition) is 2. The van der Waals surface area contributed by atoms with Crippen molar-refractivity contribution in [1.82, 2.24) is 0 Å². The summed E-state index contributed by atoms with van der Waals surface area (Å²) in [7, 11) is 1.45. The molecule has 3 nitrogen and oxygen atoms in total. The molecule has 0 aliphatic rings. The van der Waals surface area contributed by atoms with Crippen LogP contribution in [0.15, 0.2) is 12.1 Å². The van der Waals surface area contributed by atoms with Gasteiger partial charge in [0.2, 0.25) is 0 Å². The third kappa shape index (κ3) is 2.29. The molecule has 0 bridgehead atoms. The van der Waals surface area contributed by atoms with E-state index < -0.39 is 18.4 Å². The van der Waals surface area contributed by atoms with Crippen LogP contribution in [0.1, 0.15) is 15.9 Å². The molecule has 0 saturated carbocycles. The highest BCUT2D eigenvalue weighted by Gasteiger charge is 2.27. The van der Waals surface area contributed by atoms with Gasteiger partial charge in [-0.3, -0.25) is 0 Å². The molecule has 1 rings (SSSR count). The highest BCUT2D eigenvalue weighted by Crippen LogP contribution is 2.20. The zero-order valence-corrected chi connectivity index (χ0v) is 8.72. The van der Waals surface area contributed by atoms with E-state index in [0.717, 1.165) is 6.07 Å². The van der Waals surface area contributed by atoms with Crippen molar-refractivity contribution < 1.29 is 22.8 Å². The normalized spacial score (nSPS) is 11.3. The average molecular weight is 232 g/mol. The van der Waals surface area contributed by atoms with Gasteiger partial charge in [0.25, 0.3) is 0 Å². The van der Waals surface area contributed by atoms with E-state index in [0.29, 0.717) is 11.6 Å². The zero-order chi connectivity index (χ0) is 12.5. The van der Waals surface area contributed by atoms with Crippen LogP contribution in [0.25, 0.3) is 0 Å². The highest BCUT2D eigenvalue weighted by atomic mass is 19.4. The Hall–Kier alpha value is -1.66. The quantitative estimate of drug-likeness (QED) is 0.781. The van der Waals surface area contributed by atoms with Gasteiger partial charge in [-0.1, -0.05) is 12.1 Å². The number of hydrogen-bond donors (Lipinski definition) is 2. The van der Waals surface area contributed by atoms with Crippen molar-refractivity contribution in [1.29, 1.82) is 0 Å². The van der Waals surface area contributed by atoms with Crippen LogP contribution >= 0.6 is 0 Å². The van der Waals surface area contributed by atoms with Gasteiger partial charge in [-0.25, -0.2) is 4.79 Å². The number of carboxylic acid groups (broad SMARTS) is 1. The minimum absolute atomic E-state index is 0.175. The van der Waals surface area contributed by atoms with Gasteiger partial charge >= 0.3 is 12.9 Å². The Balaban J connectivity index is 3.46. The van der Waals surface area contributed by atoms with Gasteiger partial charge < -0.3 is 23.4 Å². The molecular weight excluding hydrogens is 222 g/mol. The molecule has 0 heterocycles. The lowest BCUT2D eigenvalue weighted by atomic mass is 9.78. The van der Waals surface area contributed by atoms with E-state index in [4.69, 9.17) is 5.11 Å². The van der Waals surface area contributed by atoms with Crippen LogP contribution in [0.4, 0.5) is 18.6 Å². The van der Waals surface area contributed by atoms with Crippen molar-refractivity contribution in [2.24, 2.45) is 0 Å². The summed E-state index contributed by atoms with van der Waals surface area (Å²) in [6, 6.07) is 1.58. The van der Waals surface area contributed by atoms with Crippen LogP contribution in [-0.2, 0) is 0 Å². The number of nitrogens with one attached hydrogen (secondary N) is 1. The van der Waals surface area contributed by atoms with Crippen LogP contribution in [-0.4, -0.2) is 25.1 Å². The number of carboxylic acids is 1. The Morgan fingerprint density at radius 2 is 1.94 bits per heavy atom. The summed E-state index contributed by atoms with van der Waals surface area (Å²) in [6.45, 7) is -3.74. The minimum atomic E-state index is -5.20. The first-order chi connectivity index (χ1) is 7.27. The number of benzene rings is 1. The lowest BCUT2D eigenvalue weighted by Crippen LogP contribution is -2.35. The third-order valence-electron chi connectivity index (χ3n) is 2.31. The van der Waals surface area contributed by atoms with Crippen molar-refractivity contribution in [2.45, 2.75) is 6.92 Å². The second-order valence-electron chi connectivity index (χ2n) is 3.37. The predicted molar refractivity (Wildman–Crippen MR) is 56.4 cm³/mol. The molecule has 0 amide bonds. The maximum Gasteiger partial charge on any atom is 0.509 e. The minimum Gasteiger partial charge on any atom is -0.478 e. The molecule has 0 aliphatic carbocycles. The first kappa shape index (κ1) is 12.4. The third-order valence-corrected chi connectivity index (χ3v) is 2.31. The van der Waals surface area contributed by atoms with E-state index in [1.807, 2.05) is 0 Å². The fourth-order valence-electron chi connectivity index (χ4n) is 1.41. The Bertz CT molecular complexity index is 431. The molecule has 88 valence electrons. The molecule has 1 aromatic rings.